The van der Waals surface area contributed by atoms with Crippen molar-refractivity contribution in [2.75, 3.05) is 12.4 Å². The lowest BCUT2D eigenvalue weighted by molar-refractivity contribution is -0.759. The molecule has 1 aromatic heterocycles. The largest absolute Gasteiger partial charge is 0.503 e. The molecule has 0 unspecified atom stereocenters. The first-order valence-electron chi connectivity index (χ1n) is 10.3. The summed E-state index contributed by atoms with van der Waals surface area (Å²) < 4.78 is 20.9. The summed E-state index contributed by atoms with van der Waals surface area (Å²) >= 11 is 7.46. The fraction of sp³-hybridized carbons (Fsp3) is 0.125. The molecule has 3 aromatic carbocycles. The number of aromatic nitrogens is 3. The van der Waals surface area contributed by atoms with Crippen molar-refractivity contribution in [1.82, 2.24) is 10.1 Å². The van der Waals surface area contributed by atoms with Crippen LogP contribution in [-0.2, 0) is 5.75 Å². The maximum Gasteiger partial charge on any atom is 0.325 e. The van der Waals surface area contributed by atoms with E-state index in [0.29, 0.717) is 33.3 Å². The molecule has 3 N–H and O–H groups in total. The summed E-state index contributed by atoms with van der Waals surface area (Å²) in [5.74, 6) is 0.00333. The third kappa shape index (κ3) is 3.97. The maximum atomic E-state index is 14.1. The van der Waals surface area contributed by atoms with E-state index in [1.165, 1.54) is 24.9 Å². The number of aromatic amines is 1. The normalized spacial score (nSPS) is 14.1. The molecule has 172 valence electrons. The van der Waals surface area contributed by atoms with Gasteiger partial charge in [-0.1, -0.05) is 53.7 Å². The van der Waals surface area contributed by atoms with E-state index in [2.05, 4.69) is 15.4 Å². The van der Waals surface area contributed by atoms with Gasteiger partial charge in [0.25, 0.3) is 6.17 Å². The van der Waals surface area contributed by atoms with E-state index in [1.54, 1.807) is 35.0 Å². The highest BCUT2D eigenvalue weighted by atomic mass is 35.5. The van der Waals surface area contributed by atoms with Crippen LogP contribution in [0.25, 0.3) is 11.3 Å². The number of nitrogens with one attached hydrogen (secondary N) is 2. The van der Waals surface area contributed by atoms with Crippen molar-refractivity contribution in [3.8, 4) is 22.8 Å². The summed E-state index contributed by atoms with van der Waals surface area (Å²) in [4.78, 5) is 16.0. The van der Waals surface area contributed by atoms with Gasteiger partial charge in [0.2, 0.25) is 5.16 Å². The molecule has 10 heteroatoms. The molecule has 4 aromatic rings. The lowest BCUT2D eigenvalue weighted by Crippen LogP contribution is -2.55. The van der Waals surface area contributed by atoms with Gasteiger partial charge in [-0.2, -0.15) is 0 Å². The molecule has 0 amide bonds. The Hall–Kier alpha value is -3.56. The molecule has 0 aliphatic carbocycles. The third-order valence-electron chi connectivity index (χ3n) is 5.49. The number of thioether (sulfide) groups is 1. The van der Waals surface area contributed by atoms with E-state index < -0.39 is 6.17 Å². The predicted molar refractivity (Wildman–Crippen MR) is 128 cm³/mol. The van der Waals surface area contributed by atoms with Crippen molar-refractivity contribution < 1.29 is 18.9 Å². The van der Waals surface area contributed by atoms with Crippen molar-refractivity contribution in [3.05, 3.63) is 93.0 Å². The highest BCUT2D eigenvalue weighted by Crippen LogP contribution is 2.39. The van der Waals surface area contributed by atoms with Crippen molar-refractivity contribution in [2.24, 2.45) is 0 Å². The van der Waals surface area contributed by atoms with Gasteiger partial charge in [-0.15, -0.1) is 0 Å². The fourth-order valence-corrected chi connectivity index (χ4v) is 4.90. The first-order valence-corrected chi connectivity index (χ1v) is 11.7. The second-order valence-corrected chi connectivity index (χ2v) is 8.95. The molecule has 0 saturated heterocycles. The average Bonchev–Trinajstić information content (AvgIpc) is 2.84. The molecule has 7 nitrogen and oxygen atoms in total. The monoisotopic (exact) mass is 497 g/mol. The highest BCUT2D eigenvalue weighted by Gasteiger charge is 2.38. The Morgan fingerprint density at radius 2 is 1.97 bits per heavy atom. The van der Waals surface area contributed by atoms with Gasteiger partial charge in [-0.3, -0.25) is 9.78 Å². The van der Waals surface area contributed by atoms with E-state index in [9.17, 15) is 14.3 Å². The Kier molecular flexibility index (Phi) is 5.89. The standard InChI is InChI=1S/C24H18ClFN4O3S/c1-33-19-11-14(10-16(25)21(19)31)22-27-18-9-5-3-7-15(18)20-23(32)28-24(29-30(20)22)34-12-13-6-2-4-8-17(13)26/h2-11,22H,12H2,1H3,(H2,28,29,31,32)/p+1/t22-/m0/s1. The van der Waals surface area contributed by atoms with Crippen LogP contribution in [0.5, 0.6) is 11.5 Å². The number of nitrogens with zero attached hydrogens (tertiary/aromatic N) is 2. The number of phenols is 1. The molecular weight excluding hydrogens is 479 g/mol. The number of phenolic OH excluding ortho intramolecular Hbond substituents is 1. The third-order valence-corrected chi connectivity index (χ3v) is 6.69. The minimum atomic E-state index is -0.619. The van der Waals surface area contributed by atoms with Crippen LogP contribution < -0.4 is 20.3 Å². The van der Waals surface area contributed by atoms with Crippen molar-refractivity contribution in [3.63, 3.8) is 0 Å². The summed E-state index contributed by atoms with van der Waals surface area (Å²) in [6, 6.07) is 17.1. The van der Waals surface area contributed by atoms with E-state index in [1.807, 2.05) is 24.3 Å². The van der Waals surface area contributed by atoms with Gasteiger partial charge in [0.05, 0.1) is 23.4 Å². The van der Waals surface area contributed by atoms with Crippen LogP contribution in [-0.4, -0.2) is 22.3 Å². The van der Waals surface area contributed by atoms with Gasteiger partial charge in [0.15, 0.2) is 11.5 Å². The average molecular weight is 498 g/mol. The molecule has 1 aliphatic rings. The minimum absolute atomic E-state index is 0.108. The maximum absolute atomic E-state index is 14.1. The number of aromatic hydroxyl groups is 1. The molecule has 0 saturated carbocycles. The van der Waals surface area contributed by atoms with E-state index in [-0.39, 0.29) is 27.9 Å². The second-order valence-electron chi connectivity index (χ2n) is 7.58. The molecule has 0 bridgehead atoms. The molecule has 0 spiro atoms. The van der Waals surface area contributed by atoms with Gasteiger partial charge >= 0.3 is 11.3 Å². The van der Waals surface area contributed by atoms with Crippen LogP contribution >= 0.6 is 23.4 Å². The number of methoxy groups -OCH3 is 1. The molecule has 2 heterocycles. The summed E-state index contributed by atoms with van der Waals surface area (Å²) in [7, 11) is 1.43. The molecule has 1 atom stereocenters. The Labute approximate surface area is 203 Å². The molecule has 1 aliphatic heterocycles. The number of benzene rings is 3. The number of hydrogen-bond donors (Lipinski definition) is 3. The summed E-state index contributed by atoms with van der Waals surface area (Å²) in [6.07, 6.45) is -0.619. The van der Waals surface area contributed by atoms with Crippen LogP contribution in [0.4, 0.5) is 10.1 Å². The number of halogens is 2. The Morgan fingerprint density at radius 1 is 1.21 bits per heavy atom. The van der Waals surface area contributed by atoms with Crippen LogP contribution in [0.15, 0.2) is 70.6 Å². The van der Waals surface area contributed by atoms with Gasteiger partial charge in [0.1, 0.15) is 5.82 Å². The number of rotatable bonds is 5. The molecule has 0 fully saturated rings. The van der Waals surface area contributed by atoms with Gasteiger partial charge < -0.3 is 15.2 Å². The van der Waals surface area contributed by atoms with Crippen molar-refractivity contribution >= 4 is 29.1 Å². The zero-order chi connectivity index (χ0) is 23.8. The number of para-hydroxylation sites is 1. The van der Waals surface area contributed by atoms with Crippen molar-refractivity contribution in [2.45, 2.75) is 17.1 Å². The number of anilines is 1. The SMILES string of the molecule is COc1cc([C@H]2Nc3ccccc3-c3c(=O)[nH]c(SCc4ccccc4F)n[n+]32)cc(Cl)c1O. The number of fused-ring (bicyclic) bond motifs is 3. The zero-order valence-corrected chi connectivity index (χ0v) is 19.5. The van der Waals surface area contributed by atoms with Crippen LogP contribution in [0.3, 0.4) is 0 Å². The second kappa shape index (κ2) is 9.00. The van der Waals surface area contributed by atoms with Gasteiger partial charge in [0, 0.05) is 16.4 Å². The highest BCUT2D eigenvalue weighted by molar-refractivity contribution is 7.98. The van der Waals surface area contributed by atoms with Crippen molar-refractivity contribution in [1.29, 1.82) is 0 Å². The van der Waals surface area contributed by atoms with E-state index >= 15 is 0 Å². The fourth-order valence-electron chi connectivity index (χ4n) is 3.85. The summed E-state index contributed by atoms with van der Waals surface area (Å²) in [5, 5.41) is 18.7. The Bertz CT molecular complexity index is 1460. The lowest BCUT2D eigenvalue weighted by atomic mass is 10.0. The summed E-state index contributed by atoms with van der Waals surface area (Å²) in [5.41, 5.74) is 2.60. The number of H-pyrrole nitrogens is 1. The summed E-state index contributed by atoms with van der Waals surface area (Å²) in [6.45, 7) is 0. The van der Waals surface area contributed by atoms with Crippen LogP contribution in [0.2, 0.25) is 5.02 Å². The lowest BCUT2D eigenvalue weighted by Gasteiger charge is -2.23. The molecule has 5 rings (SSSR count). The first-order chi connectivity index (χ1) is 16.5. The molecule has 34 heavy (non-hydrogen) atoms. The van der Waals surface area contributed by atoms with E-state index in [4.69, 9.17) is 16.3 Å². The predicted octanol–water partition coefficient (Wildman–Crippen LogP) is 4.50. The smallest absolute Gasteiger partial charge is 0.325 e. The first kappa shape index (κ1) is 22.2. The Balaban J connectivity index is 1.62. The Morgan fingerprint density at radius 3 is 2.76 bits per heavy atom. The number of ether oxygens (including phenoxy) is 1. The zero-order valence-electron chi connectivity index (χ0n) is 17.9. The minimum Gasteiger partial charge on any atom is -0.503 e. The quantitative estimate of drug-likeness (QED) is 0.278. The van der Waals surface area contributed by atoms with Crippen LogP contribution in [0.1, 0.15) is 17.3 Å². The van der Waals surface area contributed by atoms with Gasteiger partial charge in [-0.05, 0) is 40.6 Å². The molecule has 0 radical (unpaired) electrons. The topological polar surface area (TPSA) is 91.1 Å². The number of hydrogen-bond acceptors (Lipinski definition) is 6. The van der Waals surface area contributed by atoms with Gasteiger partial charge in [-0.25, -0.2) is 4.39 Å². The van der Waals surface area contributed by atoms with E-state index in [0.717, 1.165) is 5.69 Å². The van der Waals surface area contributed by atoms with Crippen LogP contribution in [0, 0.1) is 5.82 Å². The molecular formula is C24H19ClFN4O3S+.